The summed E-state index contributed by atoms with van der Waals surface area (Å²) in [7, 11) is 0. The lowest BCUT2D eigenvalue weighted by atomic mass is 10.2. The molecule has 0 bridgehead atoms. The van der Waals surface area contributed by atoms with Gasteiger partial charge in [0, 0.05) is 0 Å². The molecule has 2 rings (SSSR count). The summed E-state index contributed by atoms with van der Waals surface area (Å²) in [6, 6.07) is 16.5. The monoisotopic (exact) mass is 239 g/mol. The number of aliphatic imine (C=N–C) groups is 1. The molecule has 0 aliphatic carbocycles. The average molecular weight is 239 g/mol. The van der Waals surface area contributed by atoms with Crippen molar-refractivity contribution in [1.29, 1.82) is 0 Å². The van der Waals surface area contributed by atoms with Gasteiger partial charge in [-0.2, -0.15) is 0 Å². The highest BCUT2D eigenvalue weighted by Crippen LogP contribution is 2.13. The molecule has 0 saturated heterocycles. The minimum atomic E-state index is -0.484. The van der Waals surface area contributed by atoms with E-state index >= 15 is 0 Å². The lowest BCUT2D eigenvalue weighted by Gasteiger charge is -1.99. The fourth-order valence-electron chi connectivity index (χ4n) is 1.47. The summed E-state index contributed by atoms with van der Waals surface area (Å²) in [6.07, 6.45) is 1.18. The van der Waals surface area contributed by atoms with Gasteiger partial charge in [0.05, 0.1) is 5.69 Å². The zero-order valence-corrected chi connectivity index (χ0v) is 10.0. The van der Waals surface area contributed by atoms with Crippen molar-refractivity contribution >= 4 is 17.9 Å². The van der Waals surface area contributed by atoms with Gasteiger partial charge in [0.2, 0.25) is 0 Å². The van der Waals surface area contributed by atoms with Crippen molar-refractivity contribution in [3.05, 3.63) is 60.2 Å². The van der Waals surface area contributed by atoms with E-state index in [4.69, 9.17) is 4.74 Å². The molecular formula is C15H13NO2. The first-order chi connectivity index (χ1) is 8.74. The molecule has 0 atom stereocenters. The number of aryl methyl sites for hydroxylation is 1. The standard InChI is InChI=1S/C15H13NO2/c1-12-6-5-7-13(10-12)16-11-15(17)18-14-8-3-2-4-9-14/h2-11H,1H3. The molecule has 0 amide bonds. The quantitative estimate of drug-likeness (QED) is 0.468. The summed E-state index contributed by atoms with van der Waals surface area (Å²) in [6.45, 7) is 1.97. The summed E-state index contributed by atoms with van der Waals surface area (Å²) >= 11 is 0. The Hall–Kier alpha value is -2.42. The topological polar surface area (TPSA) is 38.7 Å². The molecule has 0 radical (unpaired) electrons. The number of nitrogens with zero attached hydrogens (tertiary/aromatic N) is 1. The zero-order valence-electron chi connectivity index (χ0n) is 10.0. The second kappa shape index (κ2) is 5.77. The van der Waals surface area contributed by atoms with E-state index in [-0.39, 0.29) is 0 Å². The van der Waals surface area contributed by atoms with E-state index in [1.165, 1.54) is 6.21 Å². The summed E-state index contributed by atoms with van der Waals surface area (Å²) < 4.78 is 5.08. The predicted octanol–water partition coefficient (Wildman–Crippen LogP) is 3.30. The zero-order chi connectivity index (χ0) is 12.8. The molecule has 0 saturated carbocycles. The number of esters is 1. The second-order valence-electron chi connectivity index (χ2n) is 3.83. The first-order valence-electron chi connectivity index (χ1n) is 5.61. The van der Waals surface area contributed by atoms with Gasteiger partial charge >= 0.3 is 5.97 Å². The van der Waals surface area contributed by atoms with Crippen LogP contribution in [0.4, 0.5) is 5.69 Å². The normalized spacial score (nSPS) is 10.5. The molecule has 2 aromatic rings. The number of hydrogen-bond donors (Lipinski definition) is 0. The third-order valence-electron chi connectivity index (χ3n) is 2.28. The highest BCUT2D eigenvalue weighted by molar-refractivity contribution is 6.24. The maximum atomic E-state index is 11.5. The fraction of sp³-hybridized carbons (Fsp3) is 0.0667. The van der Waals surface area contributed by atoms with Crippen molar-refractivity contribution in [2.75, 3.05) is 0 Å². The van der Waals surface area contributed by atoms with Crippen LogP contribution in [0.5, 0.6) is 5.75 Å². The van der Waals surface area contributed by atoms with Crippen molar-refractivity contribution < 1.29 is 9.53 Å². The van der Waals surface area contributed by atoms with Crippen LogP contribution < -0.4 is 4.74 Å². The smallest absolute Gasteiger partial charge is 0.354 e. The van der Waals surface area contributed by atoms with Crippen LogP contribution in [-0.2, 0) is 4.79 Å². The molecule has 3 heteroatoms. The Morgan fingerprint density at radius 1 is 1.11 bits per heavy atom. The summed E-state index contributed by atoms with van der Waals surface area (Å²) in [5.74, 6) is 0.0286. The molecule has 0 aromatic heterocycles. The molecule has 0 heterocycles. The van der Waals surface area contributed by atoms with Gasteiger partial charge in [0.25, 0.3) is 0 Å². The molecule has 0 N–H and O–H groups in total. The van der Waals surface area contributed by atoms with Crippen LogP contribution in [0, 0.1) is 6.92 Å². The van der Waals surface area contributed by atoms with E-state index in [0.717, 1.165) is 11.3 Å². The van der Waals surface area contributed by atoms with Crippen LogP contribution >= 0.6 is 0 Å². The molecule has 3 nitrogen and oxygen atoms in total. The van der Waals surface area contributed by atoms with E-state index in [2.05, 4.69) is 4.99 Å². The molecule has 90 valence electrons. The van der Waals surface area contributed by atoms with E-state index in [0.29, 0.717) is 5.75 Å². The number of hydrogen-bond acceptors (Lipinski definition) is 3. The summed E-state index contributed by atoms with van der Waals surface area (Å²) in [4.78, 5) is 15.6. The largest absolute Gasteiger partial charge is 0.422 e. The Morgan fingerprint density at radius 3 is 2.61 bits per heavy atom. The highest BCUT2D eigenvalue weighted by Gasteiger charge is 1.99. The fourth-order valence-corrected chi connectivity index (χ4v) is 1.47. The molecule has 0 spiro atoms. The van der Waals surface area contributed by atoms with E-state index in [1.54, 1.807) is 24.3 Å². The lowest BCUT2D eigenvalue weighted by molar-refractivity contribution is -0.126. The molecular weight excluding hydrogens is 226 g/mol. The second-order valence-corrected chi connectivity index (χ2v) is 3.83. The Morgan fingerprint density at radius 2 is 1.89 bits per heavy atom. The van der Waals surface area contributed by atoms with Crippen LogP contribution in [0.1, 0.15) is 5.56 Å². The lowest BCUT2D eigenvalue weighted by Crippen LogP contribution is -2.08. The molecule has 0 aliphatic rings. The van der Waals surface area contributed by atoms with Gasteiger partial charge in [0.15, 0.2) is 0 Å². The Kier molecular flexibility index (Phi) is 3.86. The van der Waals surface area contributed by atoms with E-state index in [9.17, 15) is 4.79 Å². The van der Waals surface area contributed by atoms with Crippen LogP contribution in [0.3, 0.4) is 0 Å². The Bertz CT molecular complexity index is 562. The first kappa shape index (κ1) is 12.0. The van der Waals surface area contributed by atoms with Crippen molar-refractivity contribution in [2.24, 2.45) is 4.99 Å². The molecule has 0 unspecified atom stereocenters. The molecule has 2 aromatic carbocycles. The third kappa shape index (κ3) is 3.56. The number of benzene rings is 2. The van der Waals surface area contributed by atoms with Gasteiger partial charge < -0.3 is 4.74 Å². The minimum Gasteiger partial charge on any atom is -0.422 e. The maximum absolute atomic E-state index is 11.5. The van der Waals surface area contributed by atoms with Crippen LogP contribution in [0.25, 0.3) is 0 Å². The van der Waals surface area contributed by atoms with Gasteiger partial charge in [-0.3, -0.25) is 0 Å². The predicted molar refractivity (Wildman–Crippen MR) is 71.4 cm³/mol. The van der Waals surface area contributed by atoms with E-state index in [1.807, 2.05) is 37.3 Å². The number of para-hydroxylation sites is 1. The highest BCUT2D eigenvalue weighted by atomic mass is 16.5. The maximum Gasteiger partial charge on any atom is 0.354 e. The molecule has 18 heavy (non-hydrogen) atoms. The number of ether oxygens (including phenoxy) is 1. The van der Waals surface area contributed by atoms with Gasteiger partial charge in [-0.05, 0) is 36.8 Å². The van der Waals surface area contributed by atoms with Crippen LogP contribution in [-0.4, -0.2) is 12.2 Å². The van der Waals surface area contributed by atoms with Crippen LogP contribution in [0.2, 0.25) is 0 Å². The van der Waals surface area contributed by atoms with E-state index < -0.39 is 5.97 Å². The average Bonchev–Trinajstić information content (AvgIpc) is 2.38. The van der Waals surface area contributed by atoms with Crippen LogP contribution in [0.15, 0.2) is 59.6 Å². The summed E-state index contributed by atoms with van der Waals surface area (Å²) in [5.41, 5.74) is 1.83. The van der Waals surface area contributed by atoms with Gasteiger partial charge in [-0.15, -0.1) is 0 Å². The third-order valence-corrected chi connectivity index (χ3v) is 2.28. The number of rotatable bonds is 3. The molecule has 0 aliphatic heterocycles. The van der Waals surface area contributed by atoms with Crippen molar-refractivity contribution in [3.8, 4) is 5.75 Å². The molecule has 0 fully saturated rings. The number of carbonyl (C=O) groups is 1. The summed E-state index contributed by atoms with van der Waals surface area (Å²) in [5, 5.41) is 0. The van der Waals surface area contributed by atoms with Gasteiger partial charge in [0.1, 0.15) is 12.0 Å². The van der Waals surface area contributed by atoms with Gasteiger partial charge in [-0.25, -0.2) is 9.79 Å². The first-order valence-corrected chi connectivity index (χ1v) is 5.61. The SMILES string of the molecule is Cc1cccc(N=CC(=O)Oc2ccccc2)c1. The van der Waals surface area contributed by atoms with Gasteiger partial charge in [-0.1, -0.05) is 30.3 Å². The Balaban J connectivity index is 1.99. The number of carbonyl (C=O) groups excluding carboxylic acids is 1. The van der Waals surface area contributed by atoms with Crippen molar-refractivity contribution in [1.82, 2.24) is 0 Å². The Labute approximate surface area is 106 Å². The minimum absolute atomic E-state index is 0.484. The van der Waals surface area contributed by atoms with Crippen molar-refractivity contribution in [2.45, 2.75) is 6.92 Å². The van der Waals surface area contributed by atoms with Crippen molar-refractivity contribution in [3.63, 3.8) is 0 Å².